The third-order valence-corrected chi connectivity index (χ3v) is 6.33. The lowest BCUT2D eigenvalue weighted by atomic mass is 10.2. The van der Waals surface area contributed by atoms with Crippen LogP contribution in [0.1, 0.15) is 23.7 Å². The molecule has 2 saturated heterocycles. The number of nitrogens with zero attached hydrogens (tertiary/aromatic N) is 3. The third kappa shape index (κ3) is 3.70. The number of morpholine rings is 1. The summed E-state index contributed by atoms with van der Waals surface area (Å²) in [7, 11) is -2.94. The van der Waals surface area contributed by atoms with E-state index >= 15 is 0 Å². The van der Waals surface area contributed by atoms with Gasteiger partial charge in [-0.3, -0.25) is 4.79 Å². The zero-order chi connectivity index (χ0) is 17.2. The van der Waals surface area contributed by atoms with Crippen LogP contribution < -0.4 is 4.90 Å². The minimum absolute atomic E-state index is 0.0340. The molecule has 1 unspecified atom stereocenters. The lowest BCUT2D eigenvalue weighted by Crippen LogP contribution is -2.40. The van der Waals surface area contributed by atoms with E-state index in [1.54, 1.807) is 17.2 Å². The van der Waals surface area contributed by atoms with Crippen molar-refractivity contribution in [1.82, 2.24) is 9.88 Å². The average Bonchev–Trinajstić information content (AvgIpc) is 2.96. The van der Waals surface area contributed by atoms with Crippen LogP contribution in [0.4, 0.5) is 5.82 Å². The lowest BCUT2D eigenvalue weighted by Gasteiger charge is -2.29. The summed E-state index contributed by atoms with van der Waals surface area (Å²) in [6, 6.07) is 3.54. The Morgan fingerprint density at radius 2 is 2.12 bits per heavy atom. The Bertz CT molecular complexity index is 684. The molecule has 0 radical (unpaired) electrons. The summed E-state index contributed by atoms with van der Waals surface area (Å²) in [5, 5.41) is 0. The van der Waals surface area contributed by atoms with E-state index in [0.717, 1.165) is 5.82 Å². The van der Waals surface area contributed by atoms with Crippen molar-refractivity contribution in [3.8, 4) is 0 Å². The highest BCUT2D eigenvalue weighted by atomic mass is 32.2. The van der Waals surface area contributed by atoms with Gasteiger partial charge in [-0.05, 0) is 25.5 Å². The molecule has 3 rings (SSSR count). The molecule has 2 aliphatic rings. The van der Waals surface area contributed by atoms with E-state index in [1.807, 2.05) is 17.9 Å². The van der Waals surface area contributed by atoms with Crippen LogP contribution in [0, 0.1) is 0 Å². The molecule has 132 valence electrons. The zero-order valence-corrected chi connectivity index (χ0v) is 14.7. The van der Waals surface area contributed by atoms with Crippen LogP contribution in [0.2, 0.25) is 0 Å². The quantitative estimate of drug-likeness (QED) is 0.787. The first-order valence-electron chi connectivity index (χ1n) is 8.30. The largest absolute Gasteiger partial charge is 0.378 e. The second-order valence-electron chi connectivity index (χ2n) is 6.15. The first-order valence-corrected chi connectivity index (χ1v) is 10.1. The molecule has 1 amide bonds. The molecule has 1 aromatic heterocycles. The molecule has 0 saturated carbocycles. The van der Waals surface area contributed by atoms with Crippen LogP contribution in [-0.4, -0.2) is 74.6 Å². The highest BCUT2D eigenvalue weighted by Crippen LogP contribution is 2.23. The zero-order valence-electron chi connectivity index (χ0n) is 13.8. The van der Waals surface area contributed by atoms with Crippen molar-refractivity contribution in [2.45, 2.75) is 19.4 Å². The molecular weight excluding hydrogens is 330 g/mol. The fourth-order valence-electron chi connectivity index (χ4n) is 3.26. The normalized spacial score (nSPS) is 23.2. The van der Waals surface area contributed by atoms with E-state index in [-0.39, 0.29) is 23.5 Å². The van der Waals surface area contributed by atoms with Crippen molar-refractivity contribution in [2.24, 2.45) is 0 Å². The van der Waals surface area contributed by atoms with Crippen LogP contribution in [0.3, 0.4) is 0 Å². The molecule has 7 nitrogen and oxygen atoms in total. The molecule has 0 bridgehead atoms. The molecule has 0 spiro atoms. The Hall–Kier alpha value is -1.67. The van der Waals surface area contributed by atoms with Gasteiger partial charge in [0.2, 0.25) is 0 Å². The molecule has 2 fully saturated rings. The van der Waals surface area contributed by atoms with Gasteiger partial charge in [-0.25, -0.2) is 13.4 Å². The highest BCUT2D eigenvalue weighted by Gasteiger charge is 2.32. The molecule has 2 aliphatic heterocycles. The van der Waals surface area contributed by atoms with Gasteiger partial charge in [0.05, 0.1) is 30.3 Å². The number of ether oxygens (including phenoxy) is 1. The Morgan fingerprint density at radius 3 is 2.67 bits per heavy atom. The van der Waals surface area contributed by atoms with Gasteiger partial charge in [-0.1, -0.05) is 0 Å². The van der Waals surface area contributed by atoms with E-state index in [0.29, 0.717) is 44.8 Å². The molecule has 24 heavy (non-hydrogen) atoms. The van der Waals surface area contributed by atoms with Crippen molar-refractivity contribution in [2.75, 3.05) is 49.3 Å². The van der Waals surface area contributed by atoms with Crippen molar-refractivity contribution >= 4 is 21.6 Å². The second-order valence-corrected chi connectivity index (χ2v) is 8.38. The van der Waals surface area contributed by atoms with Crippen molar-refractivity contribution in [3.63, 3.8) is 0 Å². The van der Waals surface area contributed by atoms with E-state index in [1.165, 1.54) is 0 Å². The number of rotatable bonds is 4. The fraction of sp³-hybridized carbons (Fsp3) is 0.625. The van der Waals surface area contributed by atoms with Crippen LogP contribution in [0.25, 0.3) is 0 Å². The van der Waals surface area contributed by atoms with Gasteiger partial charge >= 0.3 is 0 Å². The summed E-state index contributed by atoms with van der Waals surface area (Å²) < 4.78 is 28.7. The molecule has 8 heteroatoms. The fourth-order valence-corrected chi connectivity index (χ4v) is 4.99. The number of carbonyl (C=O) groups excluding carboxylic acids is 1. The van der Waals surface area contributed by atoms with Crippen molar-refractivity contribution in [1.29, 1.82) is 0 Å². The summed E-state index contributed by atoms with van der Waals surface area (Å²) >= 11 is 0. The number of amides is 1. The first kappa shape index (κ1) is 17.2. The second kappa shape index (κ2) is 7.06. The van der Waals surface area contributed by atoms with Gasteiger partial charge < -0.3 is 14.5 Å². The van der Waals surface area contributed by atoms with Crippen LogP contribution >= 0.6 is 0 Å². The Labute approximate surface area is 142 Å². The standard InChI is InChI=1S/C16H23N3O4S/c1-2-19(14-5-10-24(21,22)12-14)15-4-3-13(11-17-15)16(20)18-6-8-23-9-7-18/h3-4,11,14H,2,5-10,12H2,1H3. The van der Waals surface area contributed by atoms with E-state index < -0.39 is 9.84 Å². The van der Waals surface area contributed by atoms with Gasteiger partial charge in [-0.15, -0.1) is 0 Å². The van der Waals surface area contributed by atoms with Gasteiger partial charge in [0.15, 0.2) is 9.84 Å². The van der Waals surface area contributed by atoms with Crippen LogP contribution in [-0.2, 0) is 14.6 Å². The first-order chi connectivity index (χ1) is 11.5. The van der Waals surface area contributed by atoms with Crippen LogP contribution in [0.15, 0.2) is 18.3 Å². The monoisotopic (exact) mass is 353 g/mol. The number of pyridine rings is 1. The predicted octanol–water partition coefficient (Wildman–Crippen LogP) is 0.567. The molecule has 0 aliphatic carbocycles. The number of hydrogen-bond donors (Lipinski definition) is 0. The maximum absolute atomic E-state index is 12.4. The van der Waals surface area contributed by atoms with Gasteiger partial charge in [0.1, 0.15) is 5.82 Å². The average molecular weight is 353 g/mol. The summed E-state index contributed by atoms with van der Waals surface area (Å²) in [4.78, 5) is 20.6. The Morgan fingerprint density at radius 1 is 1.38 bits per heavy atom. The Balaban J connectivity index is 1.72. The summed E-state index contributed by atoms with van der Waals surface area (Å²) in [6.07, 6.45) is 2.21. The third-order valence-electron chi connectivity index (χ3n) is 4.58. The summed E-state index contributed by atoms with van der Waals surface area (Å²) in [5.41, 5.74) is 0.552. The van der Waals surface area contributed by atoms with E-state index in [4.69, 9.17) is 4.74 Å². The number of sulfone groups is 1. The SMILES string of the molecule is CCN(c1ccc(C(=O)N2CCOCC2)cn1)C1CCS(=O)(=O)C1. The molecular formula is C16H23N3O4S. The molecule has 0 N–H and O–H groups in total. The topological polar surface area (TPSA) is 79.8 Å². The Kier molecular flexibility index (Phi) is 5.05. The van der Waals surface area contributed by atoms with E-state index in [2.05, 4.69) is 4.98 Å². The highest BCUT2D eigenvalue weighted by molar-refractivity contribution is 7.91. The molecule has 1 atom stereocenters. The van der Waals surface area contributed by atoms with Crippen LogP contribution in [0.5, 0.6) is 0 Å². The molecule has 1 aromatic rings. The number of hydrogen-bond acceptors (Lipinski definition) is 6. The lowest BCUT2D eigenvalue weighted by molar-refractivity contribution is 0.0302. The summed E-state index contributed by atoms with van der Waals surface area (Å²) in [5.74, 6) is 1.10. The number of aromatic nitrogens is 1. The smallest absolute Gasteiger partial charge is 0.255 e. The predicted molar refractivity (Wildman–Crippen MR) is 91.0 cm³/mol. The maximum atomic E-state index is 12.4. The maximum Gasteiger partial charge on any atom is 0.255 e. The van der Waals surface area contributed by atoms with Gasteiger partial charge in [-0.2, -0.15) is 0 Å². The number of anilines is 1. The van der Waals surface area contributed by atoms with Crippen molar-refractivity contribution < 1.29 is 17.9 Å². The van der Waals surface area contributed by atoms with Gasteiger partial charge in [0.25, 0.3) is 5.91 Å². The van der Waals surface area contributed by atoms with Crippen molar-refractivity contribution in [3.05, 3.63) is 23.9 Å². The molecule has 0 aromatic carbocycles. The number of carbonyl (C=O) groups is 1. The minimum atomic E-state index is -2.94. The van der Waals surface area contributed by atoms with Gasteiger partial charge in [0, 0.05) is 31.9 Å². The minimum Gasteiger partial charge on any atom is -0.378 e. The molecule has 3 heterocycles. The van der Waals surface area contributed by atoms with E-state index in [9.17, 15) is 13.2 Å². The summed E-state index contributed by atoms with van der Waals surface area (Å²) in [6.45, 7) is 5.00.